The Kier molecular flexibility index (Phi) is 5.29. The number of amidine groups is 1. The van der Waals surface area contributed by atoms with Crippen LogP contribution in [0.5, 0.6) is 0 Å². The summed E-state index contributed by atoms with van der Waals surface area (Å²) in [5.74, 6) is 0.509. The number of aliphatic imine (C=N–C) groups is 1. The van der Waals surface area contributed by atoms with E-state index >= 15 is 0 Å². The Labute approximate surface area is 97.9 Å². The Hall–Kier alpha value is -1.06. The lowest BCUT2D eigenvalue weighted by Gasteiger charge is -2.23. The van der Waals surface area contributed by atoms with Crippen molar-refractivity contribution in [2.75, 3.05) is 6.54 Å². The molecule has 0 bridgehead atoms. The molecule has 1 unspecified atom stereocenters. The largest absolute Gasteiger partial charge is 0.385 e. The van der Waals surface area contributed by atoms with Crippen LogP contribution in [-0.2, 0) is 0 Å². The SMILES string of the molecule is CCCCCCC1C(N)=NC(=O)N1CCC. The van der Waals surface area contributed by atoms with Gasteiger partial charge in [-0.25, -0.2) is 4.79 Å². The van der Waals surface area contributed by atoms with Crippen LogP contribution in [-0.4, -0.2) is 29.4 Å². The second-order valence-electron chi connectivity index (χ2n) is 4.38. The third-order valence-electron chi connectivity index (χ3n) is 2.98. The molecule has 0 saturated heterocycles. The first-order chi connectivity index (χ1) is 7.70. The maximum Gasteiger partial charge on any atom is 0.345 e. The first kappa shape index (κ1) is 13.0. The van der Waals surface area contributed by atoms with Crippen LogP contribution in [0.25, 0.3) is 0 Å². The number of nitrogens with zero attached hydrogens (tertiary/aromatic N) is 2. The van der Waals surface area contributed by atoms with Gasteiger partial charge in [-0.05, 0) is 12.8 Å². The zero-order chi connectivity index (χ0) is 12.0. The van der Waals surface area contributed by atoms with Crippen LogP contribution in [0.1, 0.15) is 52.4 Å². The Morgan fingerprint density at radius 3 is 2.62 bits per heavy atom. The van der Waals surface area contributed by atoms with Crippen molar-refractivity contribution in [3.05, 3.63) is 0 Å². The quantitative estimate of drug-likeness (QED) is 0.677. The number of rotatable bonds is 7. The highest BCUT2D eigenvalue weighted by molar-refractivity contribution is 6.02. The Balaban J connectivity index is 2.42. The summed E-state index contributed by atoms with van der Waals surface area (Å²) in [4.78, 5) is 17.2. The fourth-order valence-electron chi connectivity index (χ4n) is 2.10. The average molecular weight is 225 g/mol. The third kappa shape index (κ3) is 3.22. The van der Waals surface area contributed by atoms with E-state index in [0.717, 1.165) is 25.8 Å². The molecular formula is C12H23N3O. The highest BCUT2D eigenvalue weighted by Crippen LogP contribution is 2.17. The van der Waals surface area contributed by atoms with Crippen molar-refractivity contribution in [3.8, 4) is 0 Å². The number of hydrogen-bond acceptors (Lipinski definition) is 2. The molecule has 1 atom stereocenters. The van der Waals surface area contributed by atoms with Crippen molar-refractivity contribution < 1.29 is 4.79 Å². The minimum Gasteiger partial charge on any atom is -0.385 e. The summed E-state index contributed by atoms with van der Waals surface area (Å²) in [7, 11) is 0. The van der Waals surface area contributed by atoms with Gasteiger partial charge in [-0.3, -0.25) is 0 Å². The van der Waals surface area contributed by atoms with Gasteiger partial charge in [0.15, 0.2) is 0 Å². The van der Waals surface area contributed by atoms with E-state index in [1.807, 2.05) is 0 Å². The van der Waals surface area contributed by atoms with Crippen molar-refractivity contribution in [3.63, 3.8) is 0 Å². The Morgan fingerprint density at radius 1 is 1.25 bits per heavy atom. The van der Waals surface area contributed by atoms with Gasteiger partial charge in [0.1, 0.15) is 5.84 Å². The summed E-state index contributed by atoms with van der Waals surface area (Å²) in [5, 5.41) is 0. The van der Waals surface area contributed by atoms with Crippen molar-refractivity contribution in [1.82, 2.24) is 4.90 Å². The predicted octanol–water partition coefficient (Wildman–Crippen LogP) is 2.53. The number of carbonyl (C=O) groups is 1. The molecular weight excluding hydrogens is 202 g/mol. The summed E-state index contributed by atoms with van der Waals surface area (Å²) < 4.78 is 0. The van der Waals surface area contributed by atoms with Crippen molar-refractivity contribution in [1.29, 1.82) is 0 Å². The van der Waals surface area contributed by atoms with Crippen LogP contribution in [0.2, 0.25) is 0 Å². The Morgan fingerprint density at radius 2 is 2.00 bits per heavy atom. The van der Waals surface area contributed by atoms with Crippen LogP contribution in [0.4, 0.5) is 4.79 Å². The lowest BCUT2D eigenvalue weighted by atomic mass is 10.1. The molecule has 2 N–H and O–H groups in total. The molecule has 0 aliphatic carbocycles. The van der Waals surface area contributed by atoms with E-state index in [1.165, 1.54) is 19.3 Å². The van der Waals surface area contributed by atoms with Crippen LogP contribution in [0.15, 0.2) is 4.99 Å². The monoisotopic (exact) mass is 225 g/mol. The molecule has 16 heavy (non-hydrogen) atoms. The third-order valence-corrected chi connectivity index (χ3v) is 2.98. The van der Waals surface area contributed by atoms with Gasteiger partial charge in [-0.1, -0.05) is 39.5 Å². The van der Waals surface area contributed by atoms with E-state index in [2.05, 4.69) is 18.8 Å². The molecule has 0 aromatic rings. The molecule has 1 rings (SSSR count). The lowest BCUT2D eigenvalue weighted by molar-refractivity contribution is 0.203. The standard InChI is InChI=1S/C12H23N3O/c1-3-5-6-7-8-10-11(13)14-12(16)15(10)9-4-2/h10H,3-9H2,1-2H3,(H2,13,14,16). The van der Waals surface area contributed by atoms with Crippen LogP contribution in [0.3, 0.4) is 0 Å². The van der Waals surface area contributed by atoms with Gasteiger partial charge in [-0.2, -0.15) is 4.99 Å². The molecule has 1 heterocycles. The molecule has 0 fully saturated rings. The number of amides is 2. The van der Waals surface area contributed by atoms with Crippen LogP contribution >= 0.6 is 0 Å². The molecule has 0 aromatic carbocycles. The summed E-state index contributed by atoms with van der Waals surface area (Å²) in [6.07, 6.45) is 6.75. The minimum absolute atomic E-state index is 0.0595. The molecule has 1 aliphatic rings. The van der Waals surface area contributed by atoms with E-state index in [1.54, 1.807) is 4.90 Å². The lowest BCUT2D eigenvalue weighted by Crippen LogP contribution is -2.40. The van der Waals surface area contributed by atoms with E-state index in [-0.39, 0.29) is 12.1 Å². The zero-order valence-corrected chi connectivity index (χ0v) is 10.4. The summed E-state index contributed by atoms with van der Waals surface area (Å²) >= 11 is 0. The van der Waals surface area contributed by atoms with E-state index in [4.69, 9.17) is 5.73 Å². The molecule has 4 heteroatoms. The summed E-state index contributed by atoms with van der Waals surface area (Å²) in [5.41, 5.74) is 5.79. The smallest absolute Gasteiger partial charge is 0.345 e. The topological polar surface area (TPSA) is 58.7 Å². The van der Waals surface area contributed by atoms with Crippen LogP contribution < -0.4 is 5.73 Å². The van der Waals surface area contributed by atoms with Gasteiger partial charge in [0.25, 0.3) is 0 Å². The molecule has 1 aliphatic heterocycles. The minimum atomic E-state index is -0.153. The van der Waals surface area contributed by atoms with E-state index in [9.17, 15) is 4.79 Å². The van der Waals surface area contributed by atoms with Gasteiger partial charge >= 0.3 is 6.03 Å². The molecule has 0 aromatic heterocycles. The number of hydrogen-bond donors (Lipinski definition) is 1. The molecule has 4 nitrogen and oxygen atoms in total. The van der Waals surface area contributed by atoms with Crippen LogP contribution in [0, 0.1) is 0 Å². The predicted molar refractivity (Wildman–Crippen MR) is 66.6 cm³/mol. The first-order valence-electron chi connectivity index (χ1n) is 6.35. The van der Waals surface area contributed by atoms with Crippen molar-refractivity contribution in [2.24, 2.45) is 10.7 Å². The molecule has 0 saturated carbocycles. The highest BCUT2D eigenvalue weighted by Gasteiger charge is 2.31. The van der Waals surface area contributed by atoms with Gasteiger partial charge in [0, 0.05) is 6.54 Å². The normalized spacial score (nSPS) is 20.4. The average Bonchev–Trinajstić information content (AvgIpc) is 2.51. The second-order valence-corrected chi connectivity index (χ2v) is 4.38. The summed E-state index contributed by atoms with van der Waals surface area (Å²) in [6.45, 7) is 5.02. The fraction of sp³-hybridized carbons (Fsp3) is 0.833. The number of urea groups is 1. The summed E-state index contributed by atoms with van der Waals surface area (Å²) in [6, 6.07) is -0.0934. The van der Waals surface area contributed by atoms with Crippen molar-refractivity contribution >= 4 is 11.9 Å². The van der Waals surface area contributed by atoms with Gasteiger partial charge in [0.2, 0.25) is 0 Å². The number of nitrogens with two attached hydrogens (primary N) is 1. The first-order valence-corrected chi connectivity index (χ1v) is 6.35. The molecule has 92 valence electrons. The molecule has 0 spiro atoms. The van der Waals surface area contributed by atoms with E-state index < -0.39 is 0 Å². The highest BCUT2D eigenvalue weighted by atomic mass is 16.2. The maximum absolute atomic E-state index is 11.5. The Bertz CT molecular complexity index is 263. The maximum atomic E-state index is 11.5. The van der Waals surface area contributed by atoms with Crippen molar-refractivity contribution in [2.45, 2.75) is 58.4 Å². The van der Waals surface area contributed by atoms with E-state index in [0.29, 0.717) is 5.84 Å². The number of unbranched alkanes of at least 4 members (excludes halogenated alkanes) is 3. The second kappa shape index (κ2) is 6.51. The molecule has 0 radical (unpaired) electrons. The fourth-order valence-corrected chi connectivity index (χ4v) is 2.10. The number of carbonyl (C=O) groups excluding carboxylic acids is 1. The van der Waals surface area contributed by atoms with Gasteiger partial charge < -0.3 is 10.6 Å². The zero-order valence-electron chi connectivity index (χ0n) is 10.4. The van der Waals surface area contributed by atoms with Gasteiger partial charge in [0.05, 0.1) is 6.04 Å². The molecule has 2 amide bonds. The van der Waals surface area contributed by atoms with Gasteiger partial charge in [-0.15, -0.1) is 0 Å².